The smallest absolute Gasteiger partial charge is 0.124 e. The van der Waals surface area contributed by atoms with Crippen LogP contribution >= 0.6 is 23.2 Å². The Hall–Kier alpha value is -1.70. The molecule has 0 bridgehead atoms. The summed E-state index contributed by atoms with van der Waals surface area (Å²) in [5, 5.41) is 3.04. The Labute approximate surface area is 134 Å². The van der Waals surface area contributed by atoms with E-state index in [9.17, 15) is 0 Å². The zero-order valence-corrected chi connectivity index (χ0v) is 12.9. The number of ether oxygens (including phenoxy) is 1. The minimum absolute atomic E-state index is 0.428. The maximum Gasteiger partial charge on any atom is 0.124 e. The van der Waals surface area contributed by atoms with Crippen LogP contribution in [0, 0.1) is 0 Å². The van der Waals surface area contributed by atoms with Crippen LogP contribution in [0.3, 0.4) is 0 Å². The number of hydrogen-bond acceptors (Lipinski definition) is 1. The maximum atomic E-state index is 6.12. The van der Waals surface area contributed by atoms with E-state index in [4.69, 9.17) is 27.9 Å². The summed E-state index contributed by atoms with van der Waals surface area (Å²) >= 11 is 12.0. The fourth-order valence-corrected chi connectivity index (χ4v) is 2.73. The Morgan fingerprint density at radius 1 is 0.857 bits per heavy atom. The highest BCUT2D eigenvalue weighted by Gasteiger charge is 2.08. The molecule has 106 valence electrons. The lowest BCUT2D eigenvalue weighted by atomic mass is 10.0. The molecule has 0 aromatic heterocycles. The molecule has 0 aliphatic rings. The highest BCUT2D eigenvalue weighted by atomic mass is 35.5. The van der Waals surface area contributed by atoms with Crippen LogP contribution < -0.4 is 4.74 Å². The van der Waals surface area contributed by atoms with Gasteiger partial charge in [-0.25, -0.2) is 0 Å². The molecule has 3 heteroatoms. The van der Waals surface area contributed by atoms with Crippen LogP contribution in [-0.4, -0.2) is 0 Å². The summed E-state index contributed by atoms with van der Waals surface area (Å²) in [6.45, 7) is 0.499. The van der Waals surface area contributed by atoms with E-state index in [1.165, 1.54) is 5.39 Å². The fraction of sp³-hybridized carbons (Fsp3) is 0.111. The normalized spacial score (nSPS) is 10.8. The van der Waals surface area contributed by atoms with E-state index >= 15 is 0 Å². The number of alkyl halides is 1. The van der Waals surface area contributed by atoms with Crippen LogP contribution in [0.4, 0.5) is 0 Å². The van der Waals surface area contributed by atoms with Gasteiger partial charge < -0.3 is 4.74 Å². The highest BCUT2D eigenvalue weighted by molar-refractivity contribution is 6.30. The van der Waals surface area contributed by atoms with Crippen LogP contribution in [0.2, 0.25) is 5.02 Å². The van der Waals surface area contributed by atoms with Crippen molar-refractivity contribution < 1.29 is 4.74 Å². The summed E-state index contributed by atoms with van der Waals surface area (Å²) in [6.07, 6.45) is 0. The molecular formula is C18H14Cl2O. The molecule has 1 nitrogen and oxygen atoms in total. The predicted molar refractivity (Wildman–Crippen MR) is 89.3 cm³/mol. The third-order valence-corrected chi connectivity index (χ3v) is 3.96. The molecule has 0 saturated carbocycles. The van der Waals surface area contributed by atoms with Gasteiger partial charge in [0.15, 0.2) is 0 Å². The molecule has 0 amide bonds. The molecule has 0 fully saturated rings. The molecule has 0 saturated heterocycles. The molecule has 21 heavy (non-hydrogen) atoms. The van der Waals surface area contributed by atoms with E-state index in [-0.39, 0.29) is 0 Å². The van der Waals surface area contributed by atoms with Crippen molar-refractivity contribution in [3.63, 3.8) is 0 Å². The molecule has 3 aromatic carbocycles. The third-order valence-electron chi connectivity index (χ3n) is 3.44. The second-order valence-electron chi connectivity index (χ2n) is 4.81. The van der Waals surface area contributed by atoms with Crippen molar-refractivity contribution in [3.05, 3.63) is 76.8 Å². The van der Waals surface area contributed by atoms with E-state index in [1.54, 1.807) is 0 Å². The topological polar surface area (TPSA) is 9.23 Å². The van der Waals surface area contributed by atoms with Crippen molar-refractivity contribution in [3.8, 4) is 5.75 Å². The number of hydrogen-bond donors (Lipinski definition) is 0. The zero-order valence-electron chi connectivity index (χ0n) is 11.4. The molecule has 0 N–H and O–H groups in total. The van der Waals surface area contributed by atoms with Gasteiger partial charge in [0.05, 0.1) is 5.88 Å². The van der Waals surface area contributed by atoms with E-state index in [0.717, 1.165) is 27.3 Å². The molecule has 3 aromatic rings. The first-order chi connectivity index (χ1) is 10.3. The summed E-state index contributed by atoms with van der Waals surface area (Å²) in [7, 11) is 0. The Balaban J connectivity index is 1.88. The van der Waals surface area contributed by atoms with Gasteiger partial charge in [0.25, 0.3) is 0 Å². The monoisotopic (exact) mass is 316 g/mol. The first-order valence-electron chi connectivity index (χ1n) is 6.72. The summed E-state index contributed by atoms with van der Waals surface area (Å²) in [4.78, 5) is 0. The SMILES string of the molecule is ClCc1c(OCc2ccc(Cl)cc2)ccc2ccccc12. The Morgan fingerprint density at radius 3 is 2.38 bits per heavy atom. The number of fused-ring (bicyclic) bond motifs is 1. The van der Waals surface area contributed by atoms with Crippen molar-refractivity contribution in [1.82, 2.24) is 0 Å². The van der Waals surface area contributed by atoms with Gasteiger partial charge in [0.1, 0.15) is 12.4 Å². The van der Waals surface area contributed by atoms with Gasteiger partial charge in [-0.3, -0.25) is 0 Å². The number of rotatable bonds is 4. The van der Waals surface area contributed by atoms with Gasteiger partial charge >= 0.3 is 0 Å². The summed E-state index contributed by atoms with van der Waals surface area (Å²) in [6, 6.07) is 19.9. The molecular weight excluding hydrogens is 303 g/mol. The van der Waals surface area contributed by atoms with Crippen LogP contribution in [0.5, 0.6) is 5.75 Å². The maximum absolute atomic E-state index is 6.12. The largest absolute Gasteiger partial charge is 0.489 e. The van der Waals surface area contributed by atoms with Gasteiger partial charge in [0.2, 0.25) is 0 Å². The average Bonchev–Trinajstić information content (AvgIpc) is 2.53. The zero-order chi connectivity index (χ0) is 14.7. The minimum atomic E-state index is 0.428. The van der Waals surface area contributed by atoms with Crippen LogP contribution in [-0.2, 0) is 12.5 Å². The Morgan fingerprint density at radius 2 is 1.62 bits per heavy atom. The first kappa shape index (κ1) is 14.2. The fourth-order valence-electron chi connectivity index (χ4n) is 2.33. The number of halogens is 2. The van der Waals surface area contributed by atoms with E-state index in [1.807, 2.05) is 42.5 Å². The minimum Gasteiger partial charge on any atom is -0.489 e. The van der Waals surface area contributed by atoms with Crippen molar-refractivity contribution >= 4 is 34.0 Å². The van der Waals surface area contributed by atoms with Gasteiger partial charge in [-0.15, -0.1) is 11.6 Å². The second-order valence-corrected chi connectivity index (χ2v) is 5.52. The Kier molecular flexibility index (Phi) is 4.33. The van der Waals surface area contributed by atoms with Gasteiger partial charge in [-0.05, 0) is 34.5 Å². The number of benzene rings is 3. The van der Waals surface area contributed by atoms with Gasteiger partial charge in [-0.1, -0.05) is 54.1 Å². The Bertz CT molecular complexity index is 751. The lowest BCUT2D eigenvalue weighted by molar-refractivity contribution is 0.304. The van der Waals surface area contributed by atoms with E-state index < -0.39 is 0 Å². The molecule has 0 atom stereocenters. The molecule has 0 radical (unpaired) electrons. The molecule has 0 aliphatic heterocycles. The average molecular weight is 317 g/mol. The summed E-state index contributed by atoms with van der Waals surface area (Å²) in [5.41, 5.74) is 2.11. The predicted octanol–water partition coefficient (Wildman–Crippen LogP) is 5.81. The first-order valence-corrected chi connectivity index (χ1v) is 7.63. The van der Waals surface area contributed by atoms with Crippen molar-refractivity contribution in [2.75, 3.05) is 0 Å². The second kappa shape index (κ2) is 6.38. The molecule has 0 heterocycles. The van der Waals surface area contributed by atoms with Crippen LogP contribution in [0.15, 0.2) is 60.7 Å². The van der Waals surface area contributed by atoms with Crippen LogP contribution in [0.25, 0.3) is 10.8 Å². The van der Waals surface area contributed by atoms with Crippen molar-refractivity contribution in [1.29, 1.82) is 0 Å². The molecule has 0 spiro atoms. The van der Waals surface area contributed by atoms with Gasteiger partial charge in [-0.2, -0.15) is 0 Å². The standard InChI is InChI=1S/C18H14Cl2O/c19-11-17-16-4-2-1-3-14(16)7-10-18(17)21-12-13-5-8-15(20)9-6-13/h1-10H,11-12H2. The van der Waals surface area contributed by atoms with E-state index in [2.05, 4.69) is 18.2 Å². The molecule has 0 aliphatic carbocycles. The lowest BCUT2D eigenvalue weighted by Gasteiger charge is -2.12. The quantitative estimate of drug-likeness (QED) is 0.552. The van der Waals surface area contributed by atoms with Crippen molar-refractivity contribution in [2.45, 2.75) is 12.5 Å². The van der Waals surface area contributed by atoms with Crippen LogP contribution in [0.1, 0.15) is 11.1 Å². The summed E-state index contributed by atoms with van der Waals surface area (Å²) in [5.74, 6) is 1.26. The molecule has 0 unspecified atom stereocenters. The lowest BCUT2D eigenvalue weighted by Crippen LogP contribution is -1.98. The van der Waals surface area contributed by atoms with E-state index in [0.29, 0.717) is 12.5 Å². The highest BCUT2D eigenvalue weighted by Crippen LogP contribution is 2.30. The van der Waals surface area contributed by atoms with Gasteiger partial charge in [0, 0.05) is 10.6 Å². The third kappa shape index (κ3) is 3.15. The summed E-state index contributed by atoms with van der Waals surface area (Å²) < 4.78 is 5.93. The van der Waals surface area contributed by atoms with Crippen molar-refractivity contribution in [2.24, 2.45) is 0 Å². The molecule has 3 rings (SSSR count).